The van der Waals surface area contributed by atoms with Gasteiger partial charge in [0.1, 0.15) is 0 Å². The molecule has 0 saturated heterocycles. The second kappa shape index (κ2) is 27.3. The van der Waals surface area contributed by atoms with Gasteiger partial charge in [0, 0.05) is 75.3 Å². The molecule has 0 N–H and O–H groups in total. The molecule has 0 saturated carbocycles. The zero-order valence-corrected chi connectivity index (χ0v) is 6.19. The van der Waals surface area contributed by atoms with Crippen LogP contribution in [0, 0.1) is 41.7 Å². The molecule has 5 heteroatoms. The molecule has 0 heterocycles. The summed E-state index contributed by atoms with van der Waals surface area (Å²) in [5, 5.41) is 0. The summed E-state index contributed by atoms with van der Waals surface area (Å²) in [7, 11) is 0. The Kier molecular flexibility index (Phi) is 230. The van der Waals surface area contributed by atoms with Gasteiger partial charge in [-0.2, -0.15) is 0 Å². The molecule has 0 aromatic heterocycles. The minimum atomic E-state index is 0. The van der Waals surface area contributed by atoms with Gasteiger partial charge < -0.3 is 0 Å². The van der Waals surface area contributed by atoms with Crippen LogP contribution >= 0.6 is 0 Å². The van der Waals surface area contributed by atoms with Crippen molar-refractivity contribution in [3.63, 3.8) is 0 Å². The van der Waals surface area contributed by atoms with Gasteiger partial charge in [0.2, 0.25) is 0 Å². The molecule has 0 rings (SSSR count). The zero-order chi connectivity index (χ0) is 0. The zero-order valence-electron chi connectivity index (χ0n) is 1.12. The van der Waals surface area contributed by atoms with Crippen molar-refractivity contribution in [1.29, 1.82) is 0 Å². The molecule has 0 nitrogen and oxygen atoms in total. The smallest absolute Gasteiger partial charge is 0.0149 e. The fourth-order valence-electron chi connectivity index (χ4n) is 0. The Morgan fingerprint density at radius 1 is 1.00 bits per heavy atom. The normalized spacial score (nSPS) is 0. The molecule has 0 aliphatic rings. The van der Waals surface area contributed by atoms with Crippen LogP contribution in [0.4, 0.5) is 0 Å². The number of hydrogen-bond acceptors (Lipinski definition) is 0. The topological polar surface area (TPSA) is 0 Å². The van der Waals surface area contributed by atoms with E-state index in [1.165, 1.54) is 0 Å². The third-order valence-electron chi connectivity index (χ3n) is 0. The van der Waals surface area contributed by atoms with Crippen molar-refractivity contribution in [3.8, 4) is 0 Å². The number of rotatable bonds is 0. The molecular weight excluding hydrogens is 317 g/mol. The maximum atomic E-state index is 0. The van der Waals surface area contributed by atoms with Gasteiger partial charge in [0.15, 0.2) is 17.4 Å². The van der Waals surface area contributed by atoms with Crippen LogP contribution in [-0.4, -0.2) is 28.3 Å². The maximum Gasteiger partial charge on any atom is 0.187 e. The first-order valence-corrected chi connectivity index (χ1v) is 0. The Hall–Kier alpha value is 3.14. The largest absolute Gasteiger partial charge is 0.187 e. The quantitative estimate of drug-likeness (QED) is 0.428. The minimum absolute atomic E-state index is 0. The second-order valence-corrected chi connectivity index (χ2v) is 0. The Labute approximate surface area is 102 Å². The SMILES string of the molecule is [AlH3].[Ce].[Cu].[Ni].[SiH4]. The molecule has 39 valence electrons. The molecular formula is H7AlCeCuNiSi. The van der Waals surface area contributed by atoms with E-state index in [-0.39, 0.29) is 104 Å². The van der Waals surface area contributed by atoms with Crippen LogP contribution in [0.15, 0.2) is 0 Å². The van der Waals surface area contributed by atoms with Crippen molar-refractivity contribution in [2.75, 3.05) is 0 Å². The van der Waals surface area contributed by atoms with Crippen LogP contribution in [0.25, 0.3) is 0 Å². The van der Waals surface area contributed by atoms with Gasteiger partial charge in [-0.15, -0.1) is 0 Å². The van der Waals surface area contributed by atoms with E-state index in [1.807, 2.05) is 0 Å². The van der Waals surface area contributed by atoms with E-state index in [0.29, 0.717) is 0 Å². The molecule has 0 aromatic carbocycles. The summed E-state index contributed by atoms with van der Waals surface area (Å²) in [6, 6.07) is 0. The summed E-state index contributed by atoms with van der Waals surface area (Å²) >= 11 is 0. The standard InChI is InChI=1S/Al.Ce.Cu.Ni.H4Si.3H/h;;;;1H4;;;. The molecule has 1 radical (unpaired) electrons. The third kappa shape index (κ3) is 19.1. The van der Waals surface area contributed by atoms with Crippen molar-refractivity contribution in [3.05, 3.63) is 0 Å². The van der Waals surface area contributed by atoms with Crippen LogP contribution in [-0.2, 0) is 33.6 Å². The first-order chi connectivity index (χ1) is 0. The molecule has 0 unspecified atom stereocenters. The Bertz CT molecular complexity index is 11.6. The van der Waals surface area contributed by atoms with E-state index in [9.17, 15) is 0 Å². The molecule has 0 aliphatic heterocycles. The van der Waals surface area contributed by atoms with E-state index in [4.69, 9.17) is 0 Å². The summed E-state index contributed by atoms with van der Waals surface area (Å²) < 4.78 is 0. The van der Waals surface area contributed by atoms with Gasteiger partial charge in [-0.1, -0.05) is 0 Å². The van der Waals surface area contributed by atoms with Gasteiger partial charge in [-0.05, 0) is 11.0 Å². The van der Waals surface area contributed by atoms with Crippen LogP contribution in [0.2, 0.25) is 0 Å². The molecule has 0 amide bonds. The van der Waals surface area contributed by atoms with Crippen molar-refractivity contribution in [1.82, 2.24) is 0 Å². The fraction of sp³-hybridized carbons (Fsp3) is 0. The van der Waals surface area contributed by atoms with Crippen molar-refractivity contribution in [2.24, 2.45) is 0 Å². The second-order valence-electron chi connectivity index (χ2n) is 0. The average molecular weight is 324 g/mol. The predicted octanol–water partition coefficient (Wildman–Crippen LogP) is -2.64. The van der Waals surface area contributed by atoms with Gasteiger partial charge in [-0.3, -0.25) is 0 Å². The van der Waals surface area contributed by atoms with E-state index in [2.05, 4.69) is 0 Å². The molecule has 0 aromatic rings. The number of hydrogen-bond donors (Lipinski definition) is 0. The summed E-state index contributed by atoms with van der Waals surface area (Å²) in [5.41, 5.74) is 0. The molecule has 0 atom stereocenters. The Balaban J connectivity index is 0. The van der Waals surface area contributed by atoms with E-state index >= 15 is 0 Å². The average Bonchev–Trinajstić information content (AvgIpc) is 0. The van der Waals surface area contributed by atoms with Crippen LogP contribution in [0.5, 0.6) is 0 Å². The van der Waals surface area contributed by atoms with Gasteiger partial charge >= 0.3 is 0 Å². The minimum Gasteiger partial charge on any atom is -0.0149 e. The first kappa shape index (κ1) is 42.1. The third-order valence-corrected chi connectivity index (χ3v) is 0. The molecule has 0 spiro atoms. The van der Waals surface area contributed by atoms with E-state index < -0.39 is 0 Å². The van der Waals surface area contributed by atoms with Crippen LogP contribution in [0.3, 0.4) is 0 Å². The van der Waals surface area contributed by atoms with Gasteiger partial charge in [0.25, 0.3) is 0 Å². The molecule has 5 heavy (non-hydrogen) atoms. The molecule has 0 bridgehead atoms. The van der Waals surface area contributed by atoms with Gasteiger partial charge in [0.05, 0.1) is 0 Å². The van der Waals surface area contributed by atoms with Crippen LogP contribution in [0.1, 0.15) is 0 Å². The maximum absolute atomic E-state index is 0. The van der Waals surface area contributed by atoms with Crippen LogP contribution < -0.4 is 0 Å². The summed E-state index contributed by atoms with van der Waals surface area (Å²) in [5.74, 6) is 0. The Morgan fingerprint density at radius 2 is 1.00 bits per heavy atom. The van der Waals surface area contributed by atoms with Crippen molar-refractivity contribution in [2.45, 2.75) is 0 Å². The molecule has 0 aliphatic carbocycles. The summed E-state index contributed by atoms with van der Waals surface area (Å²) in [6.07, 6.45) is 0. The van der Waals surface area contributed by atoms with E-state index in [0.717, 1.165) is 0 Å². The monoisotopic (exact) mass is 323 g/mol. The fourth-order valence-corrected chi connectivity index (χ4v) is 0. The van der Waals surface area contributed by atoms with Crippen molar-refractivity contribution < 1.29 is 75.3 Å². The van der Waals surface area contributed by atoms with Gasteiger partial charge in [-0.25, -0.2) is 0 Å². The van der Waals surface area contributed by atoms with E-state index in [1.54, 1.807) is 0 Å². The van der Waals surface area contributed by atoms with Crippen molar-refractivity contribution >= 4 is 28.3 Å². The summed E-state index contributed by atoms with van der Waals surface area (Å²) in [6.45, 7) is 0. The molecule has 0 fully saturated rings. The Morgan fingerprint density at radius 3 is 1.00 bits per heavy atom. The first-order valence-electron chi connectivity index (χ1n) is 0. The summed E-state index contributed by atoms with van der Waals surface area (Å²) in [4.78, 5) is 0. The predicted molar refractivity (Wildman–Crippen MR) is 21.3 cm³/mol.